The van der Waals surface area contributed by atoms with Crippen LogP contribution in [0.5, 0.6) is 0 Å². The molecule has 0 rings (SSSR count). The molecule has 0 nitrogen and oxygen atoms in total. The first kappa shape index (κ1) is 28.0. The molecule has 0 atom stereocenters. The van der Waals surface area contributed by atoms with Gasteiger partial charge in [0.1, 0.15) is 0 Å². The number of allylic oxidation sites excluding steroid dienone is 1. The van der Waals surface area contributed by atoms with Gasteiger partial charge in [0.05, 0.1) is 0 Å². The highest BCUT2D eigenvalue weighted by Crippen LogP contribution is 2.15. The van der Waals surface area contributed by atoms with Crippen molar-refractivity contribution in [2.45, 2.75) is 120 Å². The predicted molar refractivity (Wildman–Crippen MR) is 101 cm³/mol. The van der Waals surface area contributed by atoms with E-state index in [1.807, 2.05) is 27.7 Å². The van der Waals surface area contributed by atoms with Gasteiger partial charge in [-0.25, -0.2) is 0 Å². The van der Waals surface area contributed by atoms with Crippen LogP contribution in [0.2, 0.25) is 0 Å². The Morgan fingerprint density at radius 3 is 1.35 bits per heavy atom. The van der Waals surface area contributed by atoms with Crippen LogP contribution < -0.4 is 0 Å². The van der Waals surface area contributed by atoms with Gasteiger partial charge in [-0.05, 0) is 25.7 Å². The molecule has 0 fully saturated rings. The van der Waals surface area contributed by atoms with E-state index in [2.05, 4.69) is 20.4 Å². The van der Waals surface area contributed by atoms with Gasteiger partial charge < -0.3 is 0 Å². The van der Waals surface area contributed by atoms with E-state index in [9.17, 15) is 0 Å². The van der Waals surface area contributed by atoms with Gasteiger partial charge in [-0.1, -0.05) is 106 Å². The molecule has 0 radical (unpaired) electrons. The molecule has 0 aliphatic rings. The largest absolute Gasteiger partial charge is 0.0999 e. The first-order chi connectivity index (χ1) is 9.31. The second kappa shape index (κ2) is 31.2. The molecule has 0 bridgehead atoms. The van der Waals surface area contributed by atoms with Gasteiger partial charge in [0.2, 0.25) is 0 Å². The predicted octanol–water partition coefficient (Wildman–Crippen LogP) is 8.56. The van der Waals surface area contributed by atoms with Crippen molar-refractivity contribution in [3.05, 3.63) is 12.2 Å². The Kier molecular flexibility index (Phi) is 43.7. The van der Waals surface area contributed by atoms with E-state index in [4.69, 9.17) is 0 Å². The first-order valence-corrected chi connectivity index (χ1v) is 8.97. The Morgan fingerprint density at radius 1 is 0.600 bits per heavy atom. The lowest BCUT2D eigenvalue weighted by molar-refractivity contribution is 0.597. The van der Waals surface area contributed by atoms with Gasteiger partial charge in [0, 0.05) is 0 Å². The highest BCUT2D eigenvalue weighted by Gasteiger charge is 1.95. The van der Waals surface area contributed by atoms with E-state index in [0.717, 1.165) is 0 Å². The third kappa shape index (κ3) is 30.6. The van der Waals surface area contributed by atoms with Crippen LogP contribution in [0, 0.1) is 0 Å². The Labute approximate surface area is 132 Å². The van der Waals surface area contributed by atoms with Crippen molar-refractivity contribution in [2.24, 2.45) is 0 Å². The standard InChI is InChI=1S/C15H30.2C2H6.CH4/c1-4-6-8-9-10-12-14-15(3)13-11-7-5-2;2*1-2;/h3-14H2,1-2H3;2*1-2H3;1H4. The minimum absolute atomic E-state index is 0. The van der Waals surface area contributed by atoms with Gasteiger partial charge in [-0.3, -0.25) is 0 Å². The van der Waals surface area contributed by atoms with Gasteiger partial charge in [0.15, 0.2) is 0 Å². The fraction of sp³-hybridized carbons (Fsp3) is 0.900. The lowest BCUT2D eigenvalue weighted by Crippen LogP contribution is -1.85. The van der Waals surface area contributed by atoms with Crippen LogP contribution >= 0.6 is 0 Å². The molecule has 20 heavy (non-hydrogen) atoms. The zero-order valence-electron chi connectivity index (χ0n) is 15.0. The Hall–Kier alpha value is -0.260. The zero-order valence-corrected chi connectivity index (χ0v) is 15.0. The van der Waals surface area contributed by atoms with Crippen molar-refractivity contribution in [1.29, 1.82) is 0 Å². The third-order valence-corrected chi connectivity index (χ3v) is 3.02. The van der Waals surface area contributed by atoms with Gasteiger partial charge >= 0.3 is 0 Å². The lowest BCUT2D eigenvalue weighted by atomic mass is 10.0. The average Bonchev–Trinajstić information content (AvgIpc) is 2.47. The van der Waals surface area contributed by atoms with Crippen molar-refractivity contribution < 1.29 is 0 Å². The van der Waals surface area contributed by atoms with Crippen LogP contribution in [0.15, 0.2) is 12.2 Å². The smallest absolute Gasteiger partial charge is 0.0323 e. The maximum absolute atomic E-state index is 4.16. The third-order valence-electron chi connectivity index (χ3n) is 3.02. The van der Waals surface area contributed by atoms with E-state index in [1.54, 1.807) is 0 Å². The first-order valence-electron chi connectivity index (χ1n) is 8.97. The Bertz CT molecular complexity index is 135. The molecule has 0 spiro atoms. The molecule has 0 unspecified atom stereocenters. The van der Waals surface area contributed by atoms with Crippen LogP contribution in [-0.2, 0) is 0 Å². The van der Waals surface area contributed by atoms with E-state index in [-0.39, 0.29) is 7.43 Å². The highest BCUT2D eigenvalue weighted by atomic mass is 14.0. The maximum Gasteiger partial charge on any atom is -0.0323 e. The summed E-state index contributed by atoms with van der Waals surface area (Å²) in [6, 6.07) is 0. The Balaban J connectivity index is -0.000000233. The van der Waals surface area contributed by atoms with Crippen molar-refractivity contribution in [2.75, 3.05) is 0 Å². The van der Waals surface area contributed by atoms with Crippen LogP contribution in [0.25, 0.3) is 0 Å². The number of hydrogen-bond donors (Lipinski definition) is 0. The van der Waals surface area contributed by atoms with Gasteiger partial charge in [0.25, 0.3) is 0 Å². The minimum atomic E-state index is 0. The molecule has 0 heteroatoms. The summed E-state index contributed by atoms with van der Waals surface area (Å²) >= 11 is 0. The molecule has 0 saturated carbocycles. The van der Waals surface area contributed by atoms with E-state index >= 15 is 0 Å². The van der Waals surface area contributed by atoms with Crippen molar-refractivity contribution in [3.63, 3.8) is 0 Å². The van der Waals surface area contributed by atoms with Crippen LogP contribution in [0.3, 0.4) is 0 Å². The summed E-state index contributed by atoms with van der Waals surface area (Å²) in [6.07, 6.45) is 15.0. The summed E-state index contributed by atoms with van der Waals surface area (Å²) in [5.41, 5.74) is 1.49. The normalized spacial score (nSPS) is 8.50. The van der Waals surface area contributed by atoms with Gasteiger partial charge in [-0.2, -0.15) is 0 Å². The fourth-order valence-corrected chi connectivity index (χ4v) is 1.91. The summed E-state index contributed by atoms with van der Waals surface area (Å²) in [7, 11) is 0. The molecule has 0 aromatic heterocycles. The molecule has 0 aliphatic heterocycles. The van der Waals surface area contributed by atoms with E-state index in [1.165, 1.54) is 76.2 Å². The number of hydrogen-bond acceptors (Lipinski definition) is 0. The fourth-order valence-electron chi connectivity index (χ4n) is 1.91. The maximum atomic E-state index is 4.16. The van der Waals surface area contributed by atoms with Crippen LogP contribution in [0.4, 0.5) is 0 Å². The molecular formula is C20H46. The molecule has 0 heterocycles. The topological polar surface area (TPSA) is 0 Å². The molecule has 0 aromatic rings. The summed E-state index contributed by atoms with van der Waals surface area (Å²) in [4.78, 5) is 0. The summed E-state index contributed by atoms with van der Waals surface area (Å²) in [6.45, 7) is 16.7. The lowest BCUT2D eigenvalue weighted by Gasteiger charge is -2.05. The van der Waals surface area contributed by atoms with E-state index in [0.29, 0.717) is 0 Å². The molecule has 0 amide bonds. The van der Waals surface area contributed by atoms with Crippen molar-refractivity contribution >= 4 is 0 Å². The summed E-state index contributed by atoms with van der Waals surface area (Å²) in [5.74, 6) is 0. The molecule has 0 aromatic carbocycles. The van der Waals surface area contributed by atoms with Crippen molar-refractivity contribution in [3.8, 4) is 0 Å². The molecule has 126 valence electrons. The SMILES string of the molecule is C.C=C(CCCCC)CCCCCCCC.CC.CC. The average molecular weight is 287 g/mol. The zero-order chi connectivity index (χ0) is 15.4. The van der Waals surface area contributed by atoms with E-state index < -0.39 is 0 Å². The van der Waals surface area contributed by atoms with Gasteiger partial charge in [-0.15, -0.1) is 0 Å². The molecule has 0 saturated heterocycles. The summed E-state index contributed by atoms with van der Waals surface area (Å²) in [5, 5.41) is 0. The van der Waals surface area contributed by atoms with Crippen LogP contribution in [0.1, 0.15) is 120 Å². The monoisotopic (exact) mass is 286 g/mol. The second-order valence-corrected chi connectivity index (χ2v) is 4.72. The molecule has 0 aliphatic carbocycles. The molecular weight excluding hydrogens is 240 g/mol. The highest BCUT2D eigenvalue weighted by molar-refractivity contribution is 4.93. The summed E-state index contributed by atoms with van der Waals surface area (Å²) < 4.78 is 0. The van der Waals surface area contributed by atoms with Crippen LogP contribution in [-0.4, -0.2) is 0 Å². The second-order valence-electron chi connectivity index (χ2n) is 4.72. The molecule has 0 N–H and O–H groups in total. The quantitative estimate of drug-likeness (QED) is 0.263. The number of unbranched alkanes of at least 4 members (excludes halogenated alkanes) is 7. The van der Waals surface area contributed by atoms with Crippen molar-refractivity contribution in [1.82, 2.24) is 0 Å². The minimum Gasteiger partial charge on any atom is -0.0999 e. The Morgan fingerprint density at radius 2 is 0.900 bits per heavy atom. The number of rotatable bonds is 11.